The van der Waals surface area contributed by atoms with E-state index >= 15 is 0 Å². The van der Waals surface area contributed by atoms with E-state index in [0.717, 1.165) is 18.9 Å². The quantitative estimate of drug-likeness (QED) is 0.790. The number of anilines is 1. The summed E-state index contributed by atoms with van der Waals surface area (Å²) in [5.74, 6) is -4.15. The molecule has 0 bridgehead atoms. The topological polar surface area (TPSA) is 78.4 Å². The van der Waals surface area contributed by atoms with Crippen LogP contribution in [0.15, 0.2) is 12.1 Å². The number of halogens is 2. The molecule has 20 heavy (non-hydrogen) atoms. The van der Waals surface area contributed by atoms with Crippen LogP contribution in [-0.2, 0) is 4.79 Å². The van der Waals surface area contributed by atoms with E-state index in [1.165, 1.54) is 0 Å². The van der Waals surface area contributed by atoms with Gasteiger partial charge < -0.3 is 15.7 Å². The molecule has 0 aromatic heterocycles. The van der Waals surface area contributed by atoms with E-state index in [2.05, 4.69) is 10.6 Å². The number of carbonyl (C=O) groups is 2. The van der Waals surface area contributed by atoms with Crippen molar-refractivity contribution in [2.75, 3.05) is 11.9 Å². The van der Waals surface area contributed by atoms with Gasteiger partial charge in [0.1, 0.15) is 11.6 Å². The predicted octanol–water partition coefficient (Wildman–Crippen LogP) is 1.74. The summed E-state index contributed by atoms with van der Waals surface area (Å²) in [6.45, 7) is 0.699. The van der Waals surface area contributed by atoms with Crippen LogP contribution in [0.25, 0.3) is 0 Å². The number of carboxylic acid groups (broad SMARTS) is 1. The van der Waals surface area contributed by atoms with Gasteiger partial charge in [0.25, 0.3) is 0 Å². The van der Waals surface area contributed by atoms with Crippen molar-refractivity contribution in [2.45, 2.75) is 25.3 Å². The van der Waals surface area contributed by atoms with E-state index in [-0.39, 0.29) is 5.69 Å². The van der Waals surface area contributed by atoms with Gasteiger partial charge in [0, 0.05) is 6.07 Å². The highest BCUT2D eigenvalue weighted by Crippen LogP contribution is 2.20. The fourth-order valence-corrected chi connectivity index (χ4v) is 2.10. The Balaban J connectivity index is 2.18. The summed E-state index contributed by atoms with van der Waals surface area (Å²) >= 11 is 0. The number of aromatic carboxylic acids is 1. The first-order valence-corrected chi connectivity index (χ1v) is 6.25. The first-order chi connectivity index (χ1) is 9.49. The Morgan fingerprint density at radius 1 is 1.25 bits per heavy atom. The molecule has 0 unspecified atom stereocenters. The van der Waals surface area contributed by atoms with Crippen LogP contribution in [0.2, 0.25) is 0 Å². The molecule has 1 aliphatic heterocycles. The Bertz CT molecular complexity index is 543. The zero-order valence-electron chi connectivity index (χ0n) is 10.6. The maximum atomic E-state index is 13.6. The van der Waals surface area contributed by atoms with E-state index in [1.807, 2.05) is 0 Å². The maximum absolute atomic E-state index is 13.6. The molecule has 2 rings (SSSR count). The van der Waals surface area contributed by atoms with Gasteiger partial charge in [0.2, 0.25) is 5.91 Å². The second-order valence-corrected chi connectivity index (χ2v) is 4.61. The van der Waals surface area contributed by atoms with E-state index < -0.39 is 35.1 Å². The minimum Gasteiger partial charge on any atom is -0.478 e. The minimum atomic E-state index is -1.52. The maximum Gasteiger partial charge on any atom is 0.338 e. The summed E-state index contributed by atoms with van der Waals surface area (Å²) < 4.78 is 26.8. The van der Waals surface area contributed by atoms with E-state index in [9.17, 15) is 18.4 Å². The van der Waals surface area contributed by atoms with Crippen molar-refractivity contribution in [1.82, 2.24) is 5.32 Å². The molecule has 1 aliphatic rings. The van der Waals surface area contributed by atoms with Gasteiger partial charge in [-0.2, -0.15) is 0 Å². The normalized spacial score (nSPS) is 18.6. The van der Waals surface area contributed by atoms with E-state index in [1.54, 1.807) is 0 Å². The van der Waals surface area contributed by atoms with Crippen LogP contribution < -0.4 is 10.6 Å². The molecular formula is C13H14F2N2O3. The molecule has 1 aromatic rings. The molecule has 1 heterocycles. The molecule has 0 spiro atoms. The number of amides is 1. The second-order valence-electron chi connectivity index (χ2n) is 4.61. The van der Waals surface area contributed by atoms with Crippen LogP contribution in [0.4, 0.5) is 14.5 Å². The van der Waals surface area contributed by atoms with Gasteiger partial charge in [-0.15, -0.1) is 0 Å². The molecule has 0 radical (unpaired) electrons. The van der Waals surface area contributed by atoms with Crippen molar-refractivity contribution in [2.24, 2.45) is 0 Å². The van der Waals surface area contributed by atoms with E-state index in [4.69, 9.17) is 5.11 Å². The van der Waals surface area contributed by atoms with Crippen molar-refractivity contribution in [3.8, 4) is 0 Å². The molecule has 0 aliphatic carbocycles. The minimum absolute atomic E-state index is 0.332. The van der Waals surface area contributed by atoms with Crippen molar-refractivity contribution < 1.29 is 23.5 Å². The predicted molar refractivity (Wildman–Crippen MR) is 67.6 cm³/mol. The standard InChI is InChI=1S/C13H14F2N2O3/c14-8-6-9(15)11(5-7(8)13(19)20)17-12(18)10-3-1-2-4-16-10/h5-6,10,16H,1-4H2,(H,17,18)(H,19,20)/t10-/m0/s1. The van der Waals surface area contributed by atoms with Crippen LogP contribution in [-0.4, -0.2) is 29.6 Å². The average molecular weight is 284 g/mol. The molecule has 7 heteroatoms. The van der Waals surface area contributed by atoms with Gasteiger partial charge in [-0.1, -0.05) is 6.42 Å². The highest BCUT2D eigenvalue weighted by Gasteiger charge is 2.22. The number of benzene rings is 1. The molecule has 1 fully saturated rings. The van der Waals surface area contributed by atoms with Crippen molar-refractivity contribution >= 4 is 17.6 Å². The first-order valence-electron chi connectivity index (χ1n) is 6.25. The summed E-state index contributed by atoms with van der Waals surface area (Å²) in [6, 6.07) is 0.794. The van der Waals surface area contributed by atoms with E-state index in [0.29, 0.717) is 19.0 Å². The van der Waals surface area contributed by atoms with Crippen LogP contribution in [0.5, 0.6) is 0 Å². The van der Waals surface area contributed by atoms with Crippen LogP contribution >= 0.6 is 0 Å². The van der Waals surface area contributed by atoms with Gasteiger partial charge in [-0.3, -0.25) is 4.79 Å². The first kappa shape index (κ1) is 14.4. The third-order valence-corrected chi connectivity index (χ3v) is 3.17. The highest BCUT2D eigenvalue weighted by atomic mass is 19.1. The third-order valence-electron chi connectivity index (χ3n) is 3.17. The molecule has 108 valence electrons. The van der Waals surface area contributed by atoms with Crippen molar-refractivity contribution in [1.29, 1.82) is 0 Å². The molecule has 1 amide bonds. The smallest absolute Gasteiger partial charge is 0.338 e. The summed E-state index contributed by atoms with van der Waals surface area (Å²) in [5.41, 5.74) is -1.01. The molecule has 5 nitrogen and oxygen atoms in total. The second kappa shape index (κ2) is 5.96. The molecule has 1 atom stereocenters. The number of hydrogen-bond acceptors (Lipinski definition) is 3. The van der Waals surface area contributed by atoms with Crippen molar-refractivity contribution in [3.05, 3.63) is 29.3 Å². The average Bonchev–Trinajstić information content (AvgIpc) is 2.42. The van der Waals surface area contributed by atoms with Gasteiger partial charge in [-0.25, -0.2) is 13.6 Å². The summed E-state index contributed by atoms with van der Waals surface area (Å²) in [5, 5.41) is 14.1. The Labute approximate surface area is 114 Å². The lowest BCUT2D eigenvalue weighted by Gasteiger charge is -2.22. The number of carbonyl (C=O) groups excluding carboxylic acids is 1. The number of nitrogens with one attached hydrogen (secondary N) is 2. The number of hydrogen-bond donors (Lipinski definition) is 3. The Morgan fingerprint density at radius 2 is 2.00 bits per heavy atom. The molecule has 0 saturated carbocycles. The monoisotopic (exact) mass is 284 g/mol. The van der Waals surface area contributed by atoms with Crippen LogP contribution in [0.3, 0.4) is 0 Å². The number of carboxylic acids is 1. The largest absolute Gasteiger partial charge is 0.478 e. The molecule has 1 aromatic carbocycles. The zero-order valence-corrected chi connectivity index (χ0v) is 10.6. The Kier molecular flexibility index (Phi) is 4.29. The van der Waals surface area contributed by atoms with Gasteiger partial charge in [0.05, 0.1) is 17.3 Å². The fraction of sp³-hybridized carbons (Fsp3) is 0.385. The Morgan fingerprint density at radius 3 is 2.60 bits per heavy atom. The van der Waals surface area contributed by atoms with Gasteiger partial charge in [-0.05, 0) is 25.5 Å². The van der Waals surface area contributed by atoms with Crippen molar-refractivity contribution in [3.63, 3.8) is 0 Å². The molecule has 3 N–H and O–H groups in total. The number of rotatable bonds is 3. The van der Waals surface area contributed by atoms with Gasteiger partial charge in [0.15, 0.2) is 0 Å². The molecular weight excluding hydrogens is 270 g/mol. The third kappa shape index (κ3) is 3.11. The lowest BCUT2D eigenvalue weighted by atomic mass is 10.0. The highest BCUT2D eigenvalue weighted by molar-refractivity contribution is 5.96. The van der Waals surface area contributed by atoms with Crippen LogP contribution in [0, 0.1) is 11.6 Å². The Hall–Kier alpha value is -2.02. The zero-order chi connectivity index (χ0) is 14.7. The van der Waals surface area contributed by atoms with Gasteiger partial charge >= 0.3 is 5.97 Å². The summed E-state index contributed by atoms with van der Waals surface area (Å²) in [7, 11) is 0. The fourth-order valence-electron chi connectivity index (χ4n) is 2.10. The summed E-state index contributed by atoms with van der Waals surface area (Å²) in [6.07, 6.45) is 2.48. The SMILES string of the molecule is O=C(O)c1cc(NC(=O)[C@@H]2CCCCN2)c(F)cc1F. The lowest BCUT2D eigenvalue weighted by molar-refractivity contribution is -0.118. The lowest BCUT2D eigenvalue weighted by Crippen LogP contribution is -2.43. The summed E-state index contributed by atoms with van der Waals surface area (Å²) in [4.78, 5) is 22.7. The number of piperidine rings is 1. The van der Waals surface area contributed by atoms with Crippen LogP contribution in [0.1, 0.15) is 29.6 Å². The molecule has 1 saturated heterocycles.